The average Bonchev–Trinajstić information content (AvgIpc) is 3.37. The summed E-state index contributed by atoms with van der Waals surface area (Å²) in [6, 6.07) is 22.9. The molecule has 2 amide bonds. The zero-order chi connectivity index (χ0) is 22.3. The second-order valence-electron chi connectivity index (χ2n) is 6.96. The van der Waals surface area contributed by atoms with Crippen LogP contribution in [0.2, 0.25) is 0 Å². The fourth-order valence-electron chi connectivity index (χ4n) is 3.33. The zero-order valence-electron chi connectivity index (χ0n) is 16.9. The molecule has 1 N–H and O–H groups in total. The molecule has 4 aromatic rings. The van der Waals surface area contributed by atoms with E-state index in [9.17, 15) is 14.0 Å². The molecule has 0 aliphatic rings. The summed E-state index contributed by atoms with van der Waals surface area (Å²) in [5.41, 5.74) is 1.82. The van der Waals surface area contributed by atoms with Crippen molar-refractivity contribution in [2.45, 2.75) is 12.6 Å². The molecule has 32 heavy (non-hydrogen) atoms. The van der Waals surface area contributed by atoms with E-state index in [4.69, 9.17) is 0 Å². The number of hydrogen-bond acceptors (Lipinski definition) is 5. The number of amides is 2. The van der Waals surface area contributed by atoms with Crippen molar-refractivity contribution in [3.05, 3.63) is 113 Å². The Bertz CT molecular complexity index is 1190. The maximum atomic E-state index is 14.1. The van der Waals surface area contributed by atoms with E-state index in [1.165, 1.54) is 28.5 Å². The Morgan fingerprint density at radius 3 is 2.34 bits per heavy atom. The van der Waals surface area contributed by atoms with Gasteiger partial charge in [-0.2, -0.15) is 0 Å². The van der Waals surface area contributed by atoms with Gasteiger partial charge in [-0.05, 0) is 40.9 Å². The Morgan fingerprint density at radius 2 is 1.69 bits per heavy atom. The van der Waals surface area contributed by atoms with Crippen molar-refractivity contribution in [2.75, 3.05) is 4.90 Å². The number of halogens is 1. The monoisotopic (exact) mass is 446 g/mol. The van der Waals surface area contributed by atoms with Crippen LogP contribution in [0, 0.1) is 5.82 Å². The Kier molecular flexibility index (Phi) is 6.62. The number of carbonyl (C=O) groups is 2. The van der Waals surface area contributed by atoms with Crippen LogP contribution in [0.25, 0.3) is 0 Å². The molecule has 4 rings (SSSR count). The third-order valence-corrected chi connectivity index (χ3v) is 5.32. The predicted octanol–water partition coefficient (Wildman–Crippen LogP) is 4.38. The molecule has 1 heterocycles. The zero-order valence-corrected chi connectivity index (χ0v) is 17.7. The Hall–Kier alpha value is -3.91. The van der Waals surface area contributed by atoms with Crippen molar-refractivity contribution in [1.29, 1.82) is 0 Å². The Balaban J connectivity index is 1.76. The highest BCUT2D eigenvalue weighted by atomic mass is 32.1. The first kappa shape index (κ1) is 21.3. The molecule has 0 unspecified atom stereocenters. The first-order chi connectivity index (χ1) is 15.6. The average molecular weight is 447 g/mol. The predicted molar refractivity (Wildman–Crippen MR) is 121 cm³/mol. The van der Waals surface area contributed by atoms with Gasteiger partial charge in [0.15, 0.2) is 5.69 Å². The van der Waals surface area contributed by atoms with Crippen molar-refractivity contribution in [3.63, 3.8) is 0 Å². The fraction of sp³-hybridized carbons (Fsp3) is 0.0833. The first-order valence-corrected chi connectivity index (χ1v) is 10.7. The summed E-state index contributed by atoms with van der Waals surface area (Å²) in [5.74, 6) is -1.47. The van der Waals surface area contributed by atoms with Crippen molar-refractivity contribution in [3.8, 4) is 0 Å². The fourth-order valence-corrected chi connectivity index (χ4v) is 3.76. The van der Waals surface area contributed by atoms with Gasteiger partial charge in [0.1, 0.15) is 11.9 Å². The van der Waals surface area contributed by atoms with E-state index in [1.807, 2.05) is 36.4 Å². The van der Waals surface area contributed by atoms with Gasteiger partial charge in [0.25, 0.3) is 5.91 Å². The summed E-state index contributed by atoms with van der Waals surface area (Å²) in [6.07, 6.45) is 0. The summed E-state index contributed by atoms with van der Waals surface area (Å²) < 4.78 is 17.9. The third kappa shape index (κ3) is 4.87. The molecule has 1 aromatic heterocycles. The lowest BCUT2D eigenvalue weighted by Crippen LogP contribution is -2.44. The molecule has 0 saturated heterocycles. The van der Waals surface area contributed by atoms with E-state index < -0.39 is 23.7 Å². The van der Waals surface area contributed by atoms with Gasteiger partial charge in [-0.25, -0.2) is 4.39 Å². The van der Waals surface area contributed by atoms with Gasteiger partial charge in [0.05, 0.1) is 0 Å². The van der Waals surface area contributed by atoms with Crippen LogP contribution in [-0.4, -0.2) is 21.4 Å². The number of anilines is 1. The van der Waals surface area contributed by atoms with Crippen molar-refractivity contribution in [1.82, 2.24) is 14.9 Å². The Labute approximate surface area is 188 Å². The summed E-state index contributed by atoms with van der Waals surface area (Å²) in [5, 5.41) is 8.27. The maximum absolute atomic E-state index is 14.1. The lowest BCUT2D eigenvalue weighted by molar-refractivity contribution is -0.122. The van der Waals surface area contributed by atoms with Gasteiger partial charge in [-0.1, -0.05) is 71.2 Å². The van der Waals surface area contributed by atoms with Crippen LogP contribution < -0.4 is 10.2 Å². The van der Waals surface area contributed by atoms with Gasteiger partial charge >= 0.3 is 0 Å². The second kappa shape index (κ2) is 9.93. The number of rotatable bonds is 7. The standard InChI is InChI=1S/C24H19FN4O2S/c25-19-12-7-13-20(14-19)29(24(31)21-16-32-28-27-21)22(18-10-5-2-6-11-18)23(30)26-15-17-8-3-1-4-9-17/h1-14,16,22H,15H2,(H,26,30)/t22-/m1/s1. The molecule has 8 heteroatoms. The van der Waals surface area contributed by atoms with Crippen LogP contribution >= 0.6 is 11.5 Å². The normalized spacial score (nSPS) is 11.5. The van der Waals surface area contributed by atoms with Gasteiger partial charge < -0.3 is 5.32 Å². The van der Waals surface area contributed by atoms with E-state index in [0.717, 1.165) is 17.1 Å². The number of benzene rings is 3. The SMILES string of the molecule is O=C(NCc1ccccc1)[C@@H](c1ccccc1)N(C(=O)c1csnn1)c1cccc(F)c1. The summed E-state index contributed by atoms with van der Waals surface area (Å²) in [4.78, 5) is 28.2. The van der Waals surface area contributed by atoms with Crippen molar-refractivity contribution >= 4 is 29.0 Å². The molecule has 0 saturated carbocycles. The molecule has 1 atom stereocenters. The lowest BCUT2D eigenvalue weighted by Gasteiger charge is -2.31. The van der Waals surface area contributed by atoms with Gasteiger partial charge in [0.2, 0.25) is 5.91 Å². The second-order valence-corrected chi connectivity index (χ2v) is 7.57. The topological polar surface area (TPSA) is 75.2 Å². The van der Waals surface area contributed by atoms with Crippen molar-refractivity contribution in [2.24, 2.45) is 0 Å². The highest BCUT2D eigenvalue weighted by Gasteiger charge is 2.34. The van der Waals surface area contributed by atoms with Gasteiger partial charge in [-0.15, -0.1) is 5.10 Å². The maximum Gasteiger partial charge on any atom is 0.280 e. The molecule has 3 aromatic carbocycles. The molecule has 0 spiro atoms. The van der Waals surface area contributed by atoms with Crippen molar-refractivity contribution < 1.29 is 14.0 Å². The van der Waals surface area contributed by atoms with E-state index >= 15 is 0 Å². The van der Waals surface area contributed by atoms with E-state index in [1.54, 1.807) is 30.3 Å². The number of hydrogen-bond donors (Lipinski definition) is 1. The minimum atomic E-state index is -1.05. The van der Waals surface area contributed by atoms with Crippen LogP contribution in [0.15, 0.2) is 90.3 Å². The molecule has 160 valence electrons. The molecule has 0 bridgehead atoms. The third-order valence-electron chi connectivity index (χ3n) is 4.82. The number of nitrogens with zero attached hydrogens (tertiary/aromatic N) is 3. The molecule has 0 aliphatic heterocycles. The lowest BCUT2D eigenvalue weighted by atomic mass is 10.0. The van der Waals surface area contributed by atoms with Crippen LogP contribution in [0.3, 0.4) is 0 Å². The smallest absolute Gasteiger partial charge is 0.280 e. The van der Waals surface area contributed by atoms with Crippen LogP contribution in [0.4, 0.5) is 10.1 Å². The van der Waals surface area contributed by atoms with Crippen LogP contribution in [-0.2, 0) is 11.3 Å². The minimum absolute atomic E-state index is 0.0797. The Morgan fingerprint density at radius 1 is 0.969 bits per heavy atom. The first-order valence-electron chi connectivity index (χ1n) is 9.86. The number of nitrogens with one attached hydrogen (secondary N) is 1. The largest absolute Gasteiger partial charge is 0.350 e. The molecular formula is C24H19FN4O2S. The number of aromatic nitrogens is 2. The van der Waals surface area contributed by atoms with E-state index in [-0.39, 0.29) is 17.9 Å². The van der Waals surface area contributed by atoms with E-state index in [2.05, 4.69) is 14.9 Å². The van der Waals surface area contributed by atoms with Crippen LogP contribution in [0.5, 0.6) is 0 Å². The highest BCUT2D eigenvalue weighted by Crippen LogP contribution is 2.30. The van der Waals surface area contributed by atoms with Crippen LogP contribution in [0.1, 0.15) is 27.7 Å². The highest BCUT2D eigenvalue weighted by molar-refractivity contribution is 7.03. The quantitative estimate of drug-likeness (QED) is 0.457. The molecule has 6 nitrogen and oxygen atoms in total. The molecular weight excluding hydrogens is 427 g/mol. The van der Waals surface area contributed by atoms with Gasteiger partial charge in [0, 0.05) is 17.6 Å². The minimum Gasteiger partial charge on any atom is -0.350 e. The van der Waals surface area contributed by atoms with E-state index in [0.29, 0.717) is 5.56 Å². The van der Waals surface area contributed by atoms with Gasteiger partial charge in [-0.3, -0.25) is 14.5 Å². The summed E-state index contributed by atoms with van der Waals surface area (Å²) >= 11 is 1.02. The summed E-state index contributed by atoms with van der Waals surface area (Å²) in [7, 11) is 0. The summed E-state index contributed by atoms with van der Waals surface area (Å²) in [6.45, 7) is 0.284. The molecule has 0 radical (unpaired) electrons. The molecule has 0 fully saturated rings. The number of carbonyl (C=O) groups excluding carboxylic acids is 2. The molecule has 0 aliphatic carbocycles.